The van der Waals surface area contributed by atoms with Crippen molar-refractivity contribution in [3.8, 4) is 0 Å². The van der Waals surface area contributed by atoms with Gasteiger partial charge in [-0.25, -0.2) is 0 Å². The van der Waals surface area contributed by atoms with Gasteiger partial charge in [0.25, 0.3) is 0 Å². The highest BCUT2D eigenvalue weighted by molar-refractivity contribution is 6.11. The van der Waals surface area contributed by atoms with Crippen LogP contribution >= 0.6 is 0 Å². The van der Waals surface area contributed by atoms with Gasteiger partial charge in [0, 0.05) is 57.7 Å². The molecule has 0 radical (unpaired) electrons. The largest absolute Gasteiger partial charge is 0.335 e. The van der Waals surface area contributed by atoms with Gasteiger partial charge in [-0.3, -0.25) is 10.0 Å². The highest BCUT2D eigenvalue weighted by Gasteiger charge is 2.37. The van der Waals surface area contributed by atoms with Crippen LogP contribution in [0.1, 0.15) is 36.1 Å². The van der Waals surface area contributed by atoms with Crippen LogP contribution in [-0.2, 0) is 0 Å². The smallest absolute Gasteiger partial charge is 0.0590 e. The lowest BCUT2D eigenvalue weighted by Gasteiger charge is -2.40. The maximum Gasteiger partial charge on any atom is 0.0590 e. The number of anilines is 2. The minimum absolute atomic E-state index is 0.334. The van der Waals surface area contributed by atoms with Gasteiger partial charge in [0.1, 0.15) is 0 Å². The van der Waals surface area contributed by atoms with Crippen molar-refractivity contribution >= 4 is 67.4 Å². The fraction of sp³-hybridized carbons (Fsp3) is 0.136. The van der Waals surface area contributed by atoms with Gasteiger partial charge in [-0.2, -0.15) is 10.2 Å². The Morgan fingerprint density at radius 1 is 0.460 bits per heavy atom. The third kappa shape index (κ3) is 5.12. The van der Waals surface area contributed by atoms with E-state index >= 15 is 0 Å². The van der Waals surface area contributed by atoms with Crippen LogP contribution in [0.15, 0.2) is 156 Å². The van der Waals surface area contributed by atoms with Gasteiger partial charge in [-0.1, -0.05) is 84.9 Å². The molecule has 1 aliphatic rings. The molecule has 6 nitrogen and oxygen atoms in total. The molecule has 0 spiro atoms. The van der Waals surface area contributed by atoms with E-state index in [1.165, 1.54) is 43.6 Å². The van der Waals surface area contributed by atoms with Crippen molar-refractivity contribution in [3.63, 3.8) is 0 Å². The quantitative estimate of drug-likeness (QED) is 0.121. The highest BCUT2D eigenvalue weighted by atomic mass is 15.4. The van der Waals surface area contributed by atoms with Crippen LogP contribution in [0.2, 0.25) is 0 Å². The number of rotatable bonds is 8. The molecule has 1 aliphatic carbocycles. The van der Waals surface area contributed by atoms with Crippen molar-refractivity contribution in [1.29, 1.82) is 0 Å². The zero-order valence-corrected chi connectivity index (χ0v) is 28.3. The molecule has 0 amide bonds. The number of hydrazone groups is 2. The highest BCUT2D eigenvalue weighted by Crippen LogP contribution is 2.49. The minimum atomic E-state index is 0.334. The summed E-state index contributed by atoms with van der Waals surface area (Å²) in [6, 6.07) is 52.4. The first-order valence-corrected chi connectivity index (χ1v) is 17.3. The second-order valence-corrected chi connectivity index (χ2v) is 13.2. The first-order chi connectivity index (χ1) is 24.6. The second-order valence-electron chi connectivity index (χ2n) is 13.2. The number of aromatic nitrogens is 2. The van der Waals surface area contributed by atoms with Gasteiger partial charge < -0.3 is 9.13 Å². The summed E-state index contributed by atoms with van der Waals surface area (Å²) < 4.78 is 5.22. The lowest BCUT2D eigenvalue weighted by Crippen LogP contribution is -2.31. The van der Waals surface area contributed by atoms with E-state index in [4.69, 9.17) is 10.2 Å². The summed E-state index contributed by atoms with van der Waals surface area (Å²) in [4.78, 5) is 0. The SMILES string of the molecule is CN(/N=C\c1ccc2c(c1)c1ccccc1n2C1CCC1n1c2ccccc2c2cc(/C=N/N(C)c3ccccc3)ccc21)c1ccccc1. The first kappa shape index (κ1) is 30.0. The van der Waals surface area contributed by atoms with Crippen LogP contribution in [0.3, 0.4) is 0 Å². The summed E-state index contributed by atoms with van der Waals surface area (Å²) in [5.74, 6) is 0. The molecule has 9 rings (SSSR count). The molecule has 2 aromatic heterocycles. The summed E-state index contributed by atoms with van der Waals surface area (Å²) in [5.41, 5.74) is 9.41. The zero-order chi connectivity index (χ0) is 33.6. The van der Waals surface area contributed by atoms with Crippen molar-refractivity contribution in [2.75, 3.05) is 24.1 Å². The number of nitrogens with zero attached hydrogens (tertiary/aromatic N) is 6. The lowest BCUT2D eigenvalue weighted by atomic mass is 9.85. The van der Waals surface area contributed by atoms with Crippen LogP contribution in [0, 0.1) is 0 Å². The van der Waals surface area contributed by atoms with E-state index in [0.29, 0.717) is 12.1 Å². The molecule has 2 atom stereocenters. The summed E-state index contributed by atoms with van der Waals surface area (Å²) in [5, 5.41) is 18.4. The van der Waals surface area contributed by atoms with Crippen molar-refractivity contribution in [2.45, 2.75) is 24.9 Å². The molecule has 0 bridgehead atoms. The second kappa shape index (κ2) is 12.4. The Hall–Kier alpha value is -6.14. The topological polar surface area (TPSA) is 41.1 Å². The summed E-state index contributed by atoms with van der Waals surface area (Å²) >= 11 is 0. The fourth-order valence-electron chi connectivity index (χ4n) is 7.71. The maximum absolute atomic E-state index is 4.75. The van der Waals surface area contributed by atoms with Crippen molar-refractivity contribution < 1.29 is 0 Å². The molecule has 6 heteroatoms. The minimum Gasteiger partial charge on any atom is -0.335 e. The molecule has 2 heterocycles. The van der Waals surface area contributed by atoms with Crippen molar-refractivity contribution in [1.82, 2.24) is 9.13 Å². The molecule has 50 heavy (non-hydrogen) atoms. The monoisotopic (exact) mass is 650 g/mol. The Labute approximate surface area is 291 Å². The van der Waals surface area contributed by atoms with E-state index in [9.17, 15) is 0 Å². The molecule has 0 N–H and O–H groups in total. The molecular formula is C44H38N6. The van der Waals surface area contributed by atoms with Crippen molar-refractivity contribution in [2.24, 2.45) is 10.2 Å². The lowest BCUT2D eigenvalue weighted by molar-refractivity contribution is 0.205. The molecule has 2 unspecified atom stereocenters. The molecule has 0 aliphatic heterocycles. The Balaban J connectivity index is 1.09. The average molecular weight is 651 g/mol. The van der Waals surface area contributed by atoms with Crippen LogP contribution in [0.25, 0.3) is 43.6 Å². The Morgan fingerprint density at radius 2 is 0.840 bits per heavy atom. The van der Waals surface area contributed by atoms with Gasteiger partial charge >= 0.3 is 0 Å². The summed E-state index contributed by atoms with van der Waals surface area (Å²) in [6.45, 7) is 0. The van der Waals surface area contributed by atoms with E-state index in [1.54, 1.807) is 0 Å². The third-order valence-electron chi connectivity index (χ3n) is 10.4. The van der Waals surface area contributed by atoms with E-state index in [-0.39, 0.29) is 0 Å². The summed E-state index contributed by atoms with van der Waals surface area (Å²) in [6.07, 6.45) is 6.19. The Morgan fingerprint density at radius 3 is 1.26 bits per heavy atom. The Bertz CT molecular complexity index is 2360. The first-order valence-electron chi connectivity index (χ1n) is 17.3. The Kier molecular flexibility index (Phi) is 7.42. The molecule has 0 saturated heterocycles. The molecular weight excluding hydrogens is 613 g/mol. The summed E-state index contributed by atoms with van der Waals surface area (Å²) in [7, 11) is 3.97. The van der Waals surface area contributed by atoms with Crippen LogP contribution in [0.4, 0.5) is 11.4 Å². The van der Waals surface area contributed by atoms with Crippen LogP contribution in [-0.4, -0.2) is 35.7 Å². The van der Waals surface area contributed by atoms with E-state index in [2.05, 4.69) is 118 Å². The predicted octanol–water partition coefficient (Wildman–Crippen LogP) is 10.4. The standard InChI is InChI=1S/C44H38N6/c1-47(33-13-5-3-6-14-33)45-29-31-21-23-41-37(27-31)35-17-9-11-19-39(35)49(41)43-25-26-44(43)50-40-20-12-10-18-36(40)38-28-32(22-24-42(38)50)30-46-48(2)34-15-7-4-8-16-34/h3-24,27-30,43-44H,25-26H2,1-2H3/b45-29-,46-30+. The zero-order valence-electron chi connectivity index (χ0n) is 28.3. The molecule has 8 aromatic rings. The molecule has 6 aromatic carbocycles. The fourth-order valence-corrected chi connectivity index (χ4v) is 7.71. The van der Waals surface area contributed by atoms with Crippen LogP contribution in [0.5, 0.6) is 0 Å². The number of hydrogen-bond donors (Lipinski definition) is 0. The van der Waals surface area contributed by atoms with E-state index in [1.807, 2.05) is 72.9 Å². The van der Waals surface area contributed by atoms with Gasteiger partial charge in [0.15, 0.2) is 0 Å². The average Bonchev–Trinajstić information content (AvgIpc) is 3.65. The van der Waals surface area contributed by atoms with Gasteiger partial charge in [0.2, 0.25) is 0 Å². The van der Waals surface area contributed by atoms with Gasteiger partial charge in [0.05, 0.1) is 35.9 Å². The van der Waals surface area contributed by atoms with Crippen LogP contribution < -0.4 is 10.0 Å². The van der Waals surface area contributed by atoms with E-state index in [0.717, 1.165) is 35.3 Å². The molecule has 1 saturated carbocycles. The molecule has 1 fully saturated rings. The maximum atomic E-state index is 4.75. The van der Waals surface area contributed by atoms with Gasteiger partial charge in [-0.05, 0) is 84.6 Å². The molecule has 244 valence electrons. The normalized spacial score (nSPS) is 16.3. The number of hydrogen-bond acceptors (Lipinski definition) is 4. The predicted molar refractivity (Wildman–Crippen MR) is 211 cm³/mol. The van der Waals surface area contributed by atoms with E-state index < -0.39 is 0 Å². The number of benzene rings is 6. The van der Waals surface area contributed by atoms with Gasteiger partial charge in [-0.15, -0.1) is 0 Å². The third-order valence-corrected chi connectivity index (χ3v) is 10.4. The van der Waals surface area contributed by atoms with Crippen molar-refractivity contribution in [3.05, 3.63) is 157 Å². The number of para-hydroxylation sites is 4. The number of fused-ring (bicyclic) bond motifs is 6.